The van der Waals surface area contributed by atoms with Crippen molar-refractivity contribution in [1.82, 2.24) is 40.3 Å². The Hall–Kier alpha value is -5.95. The number of tetrazole rings is 1. The number of imide groups is 1. The lowest BCUT2D eigenvalue weighted by Crippen LogP contribution is -2.73. The van der Waals surface area contributed by atoms with E-state index in [0.717, 1.165) is 39.3 Å². The number of carboxylic acid groups (broad SMARTS) is 1. The van der Waals surface area contributed by atoms with Crippen LogP contribution in [0.3, 0.4) is 0 Å². The zero-order valence-electron chi connectivity index (χ0n) is 29.7. The molecule has 0 saturated carbocycles. The standard InChI is InChI=1S/C33H32N10O11S3/c1-15(36-16(2)44)27(46)37-19-8-9-20-22(10-19)35-11-21(26(20)45)28(47)42(29(48)23(34)17-6-4-3-5-7-17)25-30(49)43-24(32(50)51)18(12-55-31(25)43)13-56-33-38-39-40-41(33)14-57(52,53)54/h3-11,15,23,25,31H,12-14,34H2,1-2H3,(H,35,45)(H,36,44)(H,37,46)(H,50,51)(H,52,53,54)/t15?,23?,25?,31-/m0/s1. The van der Waals surface area contributed by atoms with Crippen LogP contribution in [0.15, 0.2) is 75.9 Å². The molecular weight excluding hydrogens is 809 g/mol. The number of carboxylic acids is 1. The second-order valence-corrected chi connectivity index (χ2v) is 16.1. The molecule has 21 nitrogen and oxygen atoms in total. The summed E-state index contributed by atoms with van der Waals surface area (Å²) in [7, 11) is -4.52. The van der Waals surface area contributed by atoms with Crippen molar-refractivity contribution < 1.29 is 46.8 Å². The molecule has 1 fully saturated rings. The van der Waals surface area contributed by atoms with Crippen LogP contribution < -0.4 is 21.8 Å². The van der Waals surface area contributed by atoms with Crippen LogP contribution >= 0.6 is 23.5 Å². The first-order chi connectivity index (χ1) is 27.0. The molecule has 0 spiro atoms. The maximum Gasteiger partial charge on any atom is 0.352 e. The number of amides is 5. The number of carbonyl (C=O) groups excluding carboxylic acids is 5. The molecule has 4 heterocycles. The van der Waals surface area contributed by atoms with E-state index in [1.54, 1.807) is 18.2 Å². The van der Waals surface area contributed by atoms with Crippen molar-refractivity contribution in [2.75, 3.05) is 16.8 Å². The largest absolute Gasteiger partial charge is 0.477 e. The highest BCUT2D eigenvalue weighted by Gasteiger charge is 2.59. The van der Waals surface area contributed by atoms with E-state index in [1.807, 2.05) is 0 Å². The van der Waals surface area contributed by atoms with E-state index in [1.165, 1.54) is 44.2 Å². The first-order valence-electron chi connectivity index (χ1n) is 16.6. The van der Waals surface area contributed by atoms with Gasteiger partial charge in [-0.1, -0.05) is 42.1 Å². The van der Waals surface area contributed by atoms with Crippen LogP contribution in [-0.4, -0.2) is 118 Å². The molecule has 57 heavy (non-hydrogen) atoms. The third kappa shape index (κ3) is 8.43. The molecule has 5 amide bonds. The monoisotopic (exact) mass is 840 g/mol. The first-order valence-corrected chi connectivity index (χ1v) is 20.3. The highest BCUT2D eigenvalue weighted by Crippen LogP contribution is 2.44. The van der Waals surface area contributed by atoms with Gasteiger partial charge in [-0.15, -0.1) is 16.9 Å². The van der Waals surface area contributed by atoms with Crippen molar-refractivity contribution in [3.63, 3.8) is 0 Å². The van der Waals surface area contributed by atoms with Gasteiger partial charge in [-0.2, -0.15) is 8.42 Å². The number of hydrogen-bond acceptors (Lipinski definition) is 15. The Labute approximate surface area is 330 Å². The highest BCUT2D eigenvalue weighted by molar-refractivity contribution is 8.01. The number of aromatic nitrogens is 5. The molecule has 2 aliphatic rings. The number of fused-ring (bicyclic) bond motifs is 2. The Bertz CT molecular complexity index is 2530. The molecule has 2 aliphatic heterocycles. The smallest absolute Gasteiger partial charge is 0.352 e. The van der Waals surface area contributed by atoms with Gasteiger partial charge in [-0.25, -0.2) is 9.48 Å². The van der Waals surface area contributed by atoms with Gasteiger partial charge in [0.1, 0.15) is 34.8 Å². The summed E-state index contributed by atoms with van der Waals surface area (Å²) in [5.41, 5.74) is 5.51. The van der Waals surface area contributed by atoms with E-state index in [-0.39, 0.29) is 44.4 Å². The van der Waals surface area contributed by atoms with E-state index in [9.17, 15) is 51.6 Å². The number of nitrogens with one attached hydrogen (secondary N) is 3. The molecule has 0 aliphatic carbocycles. The summed E-state index contributed by atoms with van der Waals surface area (Å²) < 4.78 is 32.7. The molecule has 2 aromatic heterocycles. The number of benzene rings is 2. The molecule has 0 bridgehead atoms. The number of β-lactam (4-membered cyclic amide) rings is 1. The van der Waals surface area contributed by atoms with Gasteiger partial charge in [0, 0.05) is 35.7 Å². The van der Waals surface area contributed by atoms with Crippen molar-refractivity contribution in [1.29, 1.82) is 0 Å². The van der Waals surface area contributed by atoms with Gasteiger partial charge in [0.25, 0.3) is 27.8 Å². The number of aliphatic carboxylic acids is 1. The summed E-state index contributed by atoms with van der Waals surface area (Å²) in [5.74, 6) is -6.73. The minimum Gasteiger partial charge on any atom is -0.477 e. The van der Waals surface area contributed by atoms with Gasteiger partial charge in [0.2, 0.25) is 22.4 Å². The topological polar surface area (TPSA) is 310 Å². The molecule has 0 radical (unpaired) electrons. The summed E-state index contributed by atoms with van der Waals surface area (Å²) in [6.07, 6.45) is 1.05. The van der Waals surface area contributed by atoms with Gasteiger partial charge in [0.15, 0.2) is 5.88 Å². The van der Waals surface area contributed by atoms with E-state index in [4.69, 9.17) is 5.73 Å². The lowest BCUT2D eigenvalue weighted by Gasteiger charge is -2.52. The van der Waals surface area contributed by atoms with Gasteiger partial charge in [-0.3, -0.25) is 43.1 Å². The van der Waals surface area contributed by atoms with Crippen LogP contribution in [0.25, 0.3) is 10.9 Å². The Morgan fingerprint density at radius 2 is 1.86 bits per heavy atom. The van der Waals surface area contributed by atoms with Gasteiger partial charge in [-0.05, 0) is 46.7 Å². The minimum absolute atomic E-state index is 0.0111. The lowest BCUT2D eigenvalue weighted by atomic mass is 9.97. The normalized spacial score (nSPS) is 17.6. The molecule has 1 saturated heterocycles. The Balaban J connectivity index is 1.31. The molecule has 6 rings (SSSR count). The number of aromatic amines is 1. The van der Waals surface area contributed by atoms with Gasteiger partial charge in [0.05, 0.1) is 5.52 Å². The minimum atomic E-state index is -4.52. The van der Waals surface area contributed by atoms with Crippen molar-refractivity contribution in [3.8, 4) is 0 Å². The van der Waals surface area contributed by atoms with E-state index < -0.39 is 91.7 Å². The molecule has 2 aromatic carbocycles. The van der Waals surface area contributed by atoms with E-state index in [2.05, 4.69) is 31.1 Å². The van der Waals surface area contributed by atoms with E-state index >= 15 is 0 Å². The number of pyridine rings is 1. The number of rotatable bonds is 13. The van der Waals surface area contributed by atoms with Gasteiger partial charge >= 0.3 is 5.97 Å². The second-order valence-electron chi connectivity index (χ2n) is 12.7. The number of carbonyl (C=O) groups is 6. The predicted octanol–water partition coefficient (Wildman–Crippen LogP) is -0.0935. The summed E-state index contributed by atoms with van der Waals surface area (Å²) in [6, 6.07) is 8.19. The fourth-order valence-electron chi connectivity index (χ4n) is 6.09. The fraction of sp³-hybridized carbons (Fsp3) is 0.273. The number of thioether (sulfide) groups is 2. The predicted molar refractivity (Wildman–Crippen MR) is 203 cm³/mol. The third-order valence-electron chi connectivity index (χ3n) is 8.73. The molecule has 298 valence electrons. The van der Waals surface area contributed by atoms with Gasteiger partial charge < -0.3 is 26.5 Å². The maximum atomic E-state index is 14.4. The molecule has 7 N–H and O–H groups in total. The van der Waals surface area contributed by atoms with Crippen molar-refractivity contribution in [2.24, 2.45) is 5.73 Å². The molecule has 4 atom stereocenters. The van der Waals surface area contributed by atoms with Crippen LogP contribution in [0.4, 0.5) is 5.69 Å². The molecule has 4 aromatic rings. The van der Waals surface area contributed by atoms with Crippen LogP contribution in [0.5, 0.6) is 0 Å². The lowest BCUT2D eigenvalue weighted by molar-refractivity contribution is -0.157. The zero-order chi connectivity index (χ0) is 41.3. The summed E-state index contributed by atoms with van der Waals surface area (Å²) >= 11 is 1.88. The highest BCUT2D eigenvalue weighted by atomic mass is 32.2. The summed E-state index contributed by atoms with van der Waals surface area (Å²) in [5, 5.41) is 24.7. The number of anilines is 1. The number of H-pyrrole nitrogens is 1. The second kappa shape index (κ2) is 16.3. The molecule has 3 unspecified atom stereocenters. The quantitative estimate of drug-likeness (QED) is 0.0582. The van der Waals surface area contributed by atoms with Crippen LogP contribution in [0, 0.1) is 0 Å². The van der Waals surface area contributed by atoms with Crippen molar-refractivity contribution >= 4 is 85.7 Å². The van der Waals surface area contributed by atoms with Crippen LogP contribution in [-0.2, 0) is 40.0 Å². The maximum absolute atomic E-state index is 14.4. The Morgan fingerprint density at radius 3 is 2.53 bits per heavy atom. The zero-order valence-corrected chi connectivity index (χ0v) is 32.1. The number of nitrogens with zero attached hydrogens (tertiary/aromatic N) is 6. The van der Waals surface area contributed by atoms with Crippen LogP contribution in [0.1, 0.15) is 35.8 Å². The average Bonchev–Trinajstić information content (AvgIpc) is 3.59. The summed E-state index contributed by atoms with van der Waals surface area (Å²) in [6.45, 7) is 2.74. The Kier molecular flexibility index (Phi) is 11.6. The molecular formula is C33H32N10O11S3. The summed E-state index contributed by atoms with van der Waals surface area (Å²) in [4.78, 5) is 97.3. The molecule has 24 heteroatoms. The number of nitrogens with two attached hydrogens (primary N) is 1. The fourth-order valence-corrected chi connectivity index (χ4v) is 9.06. The SMILES string of the molecule is CC(=O)NC(C)C(=O)Nc1ccc2c(=O)c(C(=O)N(C(=O)C(N)c3ccccc3)C3C(=O)N4C(C(=O)O)=C(CSc5nnnn5CS(=O)(=O)O)CS[C@@H]34)c[nH]c2c1. The number of hydrogen-bond donors (Lipinski definition) is 6. The van der Waals surface area contributed by atoms with E-state index in [0.29, 0.717) is 4.90 Å². The van der Waals surface area contributed by atoms with Crippen molar-refractivity contribution in [2.45, 2.75) is 48.4 Å². The van der Waals surface area contributed by atoms with Crippen molar-refractivity contribution in [3.05, 3.63) is 87.3 Å². The third-order valence-corrected chi connectivity index (χ3v) is 11.7. The van der Waals surface area contributed by atoms with Crippen LogP contribution in [0.2, 0.25) is 0 Å². The Morgan fingerprint density at radius 1 is 1.14 bits per heavy atom. The first kappa shape index (κ1) is 40.7. The average molecular weight is 841 g/mol.